The van der Waals surface area contributed by atoms with E-state index < -0.39 is 0 Å². The van der Waals surface area contributed by atoms with Crippen LogP contribution in [0, 0.1) is 0 Å². The Bertz CT molecular complexity index is 626. The second-order valence-corrected chi connectivity index (χ2v) is 5.16. The van der Waals surface area contributed by atoms with Gasteiger partial charge in [-0.2, -0.15) is 0 Å². The van der Waals surface area contributed by atoms with Gasteiger partial charge in [0.05, 0.1) is 6.04 Å². The van der Waals surface area contributed by atoms with Crippen LogP contribution in [0.15, 0.2) is 42.5 Å². The molecule has 0 aromatic heterocycles. The molecular weight excluding hydrogens is 250 g/mol. The topological polar surface area (TPSA) is 44.4 Å². The largest absolute Gasteiger partial charge is 0.329 e. The zero-order valence-electron chi connectivity index (χ0n) is 11.6. The fourth-order valence-electron chi connectivity index (χ4n) is 2.64. The minimum absolute atomic E-state index is 0.0263. The van der Waals surface area contributed by atoms with Gasteiger partial charge in [0.15, 0.2) is 0 Å². The van der Waals surface area contributed by atoms with Crippen LogP contribution in [0.25, 0.3) is 10.8 Å². The van der Waals surface area contributed by atoms with E-state index in [-0.39, 0.29) is 12.1 Å². The number of hydrogen-bond donors (Lipinski definition) is 2. The van der Waals surface area contributed by atoms with Gasteiger partial charge < -0.3 is 15.5 Å². The molecule has 2 aromatic rings. The molecule has 0 radical (unpaired) electrons. The number of rotatable bonds is 4. The van der Waals surface area contributed by atoms with E-state index in [1.807, 2.05) is 24.1 Å². The van der Waals surface area contributed by atoms with Gasteiger partial charge in [0.2, 0.25) is 0 Å². The van der Waals surface area contributed by atoms with E-state index >= 15 is 0 Å². The van der Waals surface area contributed by atoms with Gasteiger partial charge in [-0.15, -0.1) is 0 Å². The van der Waals surface area contributed by atoms with E-state index in [1.165, 1.54) is 16.3 Å². The molecule has 3 rings (SSSR count). The smallest absolute Gasteiger partial charge is 0.318 e. The van der Waals surface area contributed by atoms with Crippen molar-refractivity contribution in [2.24, 2.45) is 0 Å². The van der Waals surface area contributed by atoms with Gasteiger partial charge in [0.25, 0.3) is 0 Å². The summed E-state index contributed by atoms with van der Waals surface area (Å²) < 4.78 is 0. The number of nitrogens with one attached hydrogen (secondary N) is 2. The molecule has 2 aromatic carbocycles. The number of carbonyl (C=O) groups is 1. The standard InChI is InChI=1S/C16H19N3O/c1-17-8-9-19-11-15(18-16(19)20)14-7-6-12-4-2-3-5-13(12)10-14/h2-7,10,15,17H,8-9,11H2,1H3,(H,18,20). The molecule has 2 N–H and O–H groups in total. The highest BCUT2D eigenvalue weighted by molar-refractivity contribution is 5.84. The molecule has 0 saturated carbocycles. The lowest BCUT2D eigenvalue weighted by atomic mass is 10.0. The number of nitrogens with zero attached hydrogens (tertiary/aromatic N) is 1. The summed E-state index contributed by atoms with van der Waals surface area (Å²) >= 11 is 0. The van der Waals surface area contributed by atoms with E-state index in [4.69, 9.17) is 0 Å². The Balaban J connectivity index is 1.80. The first-order chi connectivity index (χ1) is 9.78. The SMILES string of the molecule is CNCCN1CC(c2ccc3ccccc3c2)NC1=O. The van der Waals surface area contributed by atoms with Crippen molar-refractivity contribution in [2.45, 2.75) is 6.04 Å². The maximum Gasteiger partial charge on any atom is 0.318 e. The zero-order chi connectivity index (χ0) is 13.9. The summed E-state index contributed by atoms with van der Waals surface area (Å²) in [5.41, 5.74) is 1.17. The Labute approximate surface area is 118 Å². The van der Waals surface area contributed by atoms with Crippen LogP contribution >= 0.6 is 0 Å². The fourth-order valence-corrected chi connectivity index (χ4v) is 2.64. The van der Waals surface area contributed by atoms with Crippen LogP contribution in [0.2, 0.25) is 0 Å². The van der Waals surface area contributed by atoms with E-state index in [0.29, 0.717) is 0 Å². The predicted molar refractivity (Wildman–Crippen MR) is 80.7 cm³/mol. The van der Waals surface area contributed by atoms with Gasteiger partial charge in [-0.1, -0.05) is 36.4 Å². The number of carbonyl (C=O) groups excluding carboxylic acids is 1. The van der Waals surface area contributed by atoms with E-state index in [1.54, 1.807) is 0 Å². The maximum absolute atomic E-state index is 11.9. The summed E-state index contributed by atoms with van der Waals surface area (Å²) in [5.74, 6) is 0. The lowest BCUT2D eigenvalue weighted by Crippen LogP contribution is -2.33. The molecule has 1 aliphatic rings. The number of amides is 2. The van der Waals surface area contributed by atoms with Crippen molar-refractivity contribution in [3.63, 3.8) is 0 Å². The second kappa shape index (κ2) is 5.51. The first-order valence-electron chi connectivity index (χ1n) is 6.96. The molecule has 1 saturated heterocycles. The normalized spacial score (nSPS) is 18.6. The molecule has 4 nitrogen and oxygen atoms in total. The molecule has 1 heterocycles. The molecule has 2 amide bonds. The Hall–Kier alpha value is -2.07. The summed E-state index contributed by atoms with van der Waals surface area (Å²) in [6.07, 6.45) is 0. The van der Waals surface area contributed by atoms with Crippen molar-refractivity contribution in [1.82, 2.24) is 15.5 Å². The van der Waals surface area contributed by atoms with Gasteiger partial charge in [0, 0.05) is 19.6 Å². The van der Waals surface area contributed by atoms with Crippen molar-refractivity contribution in [3.8, 4) is 0 Å². The number of fused-ring (bicyclic) bond motifs is 1. The Morgan fingerprint density at radius 3 is 2.85 bits per heavy atom. The van der Waals surface area contributed by atoms with Gasteiger partial charge in [0.1, 0.15) is 0 Å². The quantitative estimate of drug-likeness (QED) is 0.893. The van der Waals surface area contributed by atoms with Crippen molar-refractivity contribution in [2.75, 3.05) is 26.7 Å². The third kappa shape index (κ3) is 2.47. The van der Waals surface area contributed by atoms with Gasteiger partial charge >= 0.3 is 6.03 Å². The third-order valence-corrected chi connectivity index (χ3v) is 3.80. The minimum atomic E-state index is 0.0263. The Morgan fingerprint density at radius 1 is 1.25 bits per heavy atom. The number of hydrogen-bond acceptors (Lipinski definition) is 2. The molecule has 1 atom stereocenters. The van der Waals surface area contributed by atoms with Crippen LogP contribution in [0.5, 0.6) is 0 Å². The van der Waals surface area contributed by atoms with Gasteiger partial charge in [-0.3, -0.25) is 0 Å². The molecule has 1 aliphatic heterocycles. The first kappa shape index (κ1) is 12.9. The Morgan fingerprint density at radius 2 is 2.05 bits per heavy atom. The molecule has 4 heteroatoms. The van der Waals surface area contributed by atoms with Crippen LogP contribution in [0.4, 0.5) is 4.79 Å². The van der Waals surface area contributed by atoms with Crippen molar-refractivity contribution < 1.29 is 4.79 Å². The van der Waals surface area contributed by atoms with Crippen molar-refractivity contribution in [3.05, 3.63) is 48.0 Å². The molecule has 20 heavy (non-hydrogen) atoms. The lowest BCUT2D eigenvalue weighted by Gasteiger charge is -2.14. The summed E-state index contributed by atoms with van der Waals surface area (Å²) in [4.78, 5) is 13.8. The van der Waals surface area contributed by atoms with Crippen molar-refractivity contribution in [1.29, 1.82) is 0 Å². The average Bonchev–Trinajstić information content (AvgIpc) is 2.86. The van der Waals surface area contributed by atoms with Gasteiger partial charge in [-0.25, -0.2) is 4.79 Å². The summed E-state index contributed by atoms with van der Waals surface area (Å²) in [6.45, 7) is 2.29. The molecule has 0 spiro atoms. The van der Waals surface area contributed by atoms with E-state index in [0.717, 1.165) is 19.6 Å². The molecule has 1 fully saturated rings. The number of urea groups is 1. The average molecular weight is 269 g/mol. The van der Waals surface area contributed by atoms with E-state index in [9.17, 15) is 4.79 Å². The van der Waals surface area contributed by atoms with Crippen LogP contribution in [0.1, 0.15) is 11.6 Å². The fraction of sp³-hybridized carbons (Fsp3) is 0.312. The van der Waals surface area contributed by atoms with Crippen LogP contribution in [-0.4, -0.2) is 37.6 Å². The van der Waals surface area contributed by atoms with Crippen molar-refractivity contribution >= 4 is 16.8 Å². The zero-order valence-corrected chi connectivity index (χ0v) is 11.6. The highest BCUT2D eigenvalue weighted by Gasteiger charge is 2.29. The molecule has 0 aliphatic carbocycles. The summed E-state index contributed by atoms with van der Waals surface area (Å²) in [5, 5.41) is 8.57. The van der Waals surface area contributed by atoms with Crippen LogP contribution < -0.4 is 10.6 Å². The third-order valence-electron chi connectivity index (χ3n) is 3.80. The number of likely N-dealkylation sites (N-methyl/N-ethyl adjacent to an activating group) is 1. The maximum atomic E-state index is 11.9. The lowest BCUT2D eigenvalue weighted by molar-refractivity contribution is 0.218. The summed E-state index contributed by atoms with van der Waals surface area (Å²) in [7, 11) is 1.90. The molecule has 1 unspecified atom stereocenters. The van der Waals surface area contributed by atoms with Crippen LogP contribution in [0.3, 0.4) is 0 Å². The second-order valence-electron chi connectivity index (χ2n) is 5.16. The molecule has 104 valence electrons. The summed E-state index contributed by atoms with van der Waals surface area (Å²) in [6, 6.07) is 14.8. The number of benzene rings is 2. The highest BCUT2D eigenvalue weighted by Crippen LogP contribution is 2.24. The van der Waals surface area contributed by atoms with Crippen LogP contribution in [-0.2, 0) is 0 Å². The Kier molecular flexibility index (Phi) is 3.56. The van der Waals surface area contributed by atoms with Gasteiger partial charge in [-0.05, 0) is 29.4 Å². The van der Waals surface area contributed by atoms with E-state index in [2.05, 4.69) is 41.0 Å². The first-order valence-corrected chi connectivity index (χ1v) is 6.96. The minimum Gasteiger partial charge on any atom is -0.329 e. The molecular formula is C16H19N3O. The monoisotopic (exact) mass is 269 g/mol. The molecule has 0 bridgehead atoms. The highest BCUT2D eigenvalue weighted by atomic mass is 16.2. The predicted octanol–water partition coefficient (Wildman–Crippen LogP) is 2.13.